The summed E-state index contributed by atoms with van der Waals surface area (Å²) in [5.41, 5.74) is 5.36. The topological polar surface area (TPSA) is 111 Å². The summed E-state index contributed by atoms with van der Waals surface area (Å²) in [6.07, 6.45) is 2.41. The van der Waals surface area contributed by atoms with Crippen molar-refractivity contribution in [1.82, 2.24) is 15.6 Å². The third-order valence-corrected chi connectivity index (χ3v) is 5.66. The molecule has 1 heterocycles. The van der Waals surface area contributed by atoms with Crippen LogP contribution in [0.4, 0.5) is 0 Å². The summed E-state index contributed by atoms with van der Waals surface area (Å²) in [7, 11) is 0. The summed E-state index contributed by atoms with van der Waals surface area (Å²) < 4.78 is 0. The van der Waals surface area contributed by atoms with E-state index in [2.05, 4.69) is 15.6 Å². The minimum atomic E-state index is -1.13. The number of benzene rings is 2. The fourth-order valence-corrected chi connectivity index (χ4v) is 4.01. The van der Waals surface area contributed by atoms with Gasteiger partial charge < -0.3 is 20.7 Å². The lowest BCUT2D eigenvalue weighted by Crippen LogP contribution is -2.46. The molecule has 7 nitrogen and oxygen atoms in total. The van der Waals surface area contributed by atoms with Crippen molar-refractivity contribution in [3.05, 3.63) is 77.0 Å². The van der Waals surface area contributed by atoms with Gasteiger partial charge in [-0.2, -0.15) is 0 Å². The van der Waals surface area contributed by atoms with Crippen LogP contribution in [0.25, 0.3) is 16.5 Å². The van der Waals surface area contributed by atoms with Gasteiger partial charge in [0.05, 0.1) is 6.54 Å². The van der Waals surface area contributed by atoms with E-state index in [9.17, 15) is 19.5 Å². The van der Waals surface area contributed by atoms with Gasteiger partial charge in [0, 0.05) is 35.5 Å². The molecule has 0 aliphatic heterocycles. The maximum absolute atomic E-state index is 12.6. The molecular weight excluding hydrogens is 394 g/mol. The number of para-hydroxylation sites is 1. The van der Waals surface area contributed by atoms with E-state index in [1.165, 1.54) is 0 Å². The third kappa shape index (κ3) is 4.21. The smallest absolute Gasteiger partial charge is 0.326 e. The van der Waals surface area contributed by atoms with Crippen LogP contribution in [-0.4, -0.2) is 40.5 Å². The number of carboxylic acid groups (broad SMARTS) is 1. The Morgan fingerprint density at radius 2 is 1.84 bits per heavy atom. The second kappa shape index (κ2) is 8.47. The Balaban J connectivity index is 1.36. The van der Waals surface area contributed by atoms with Crippen LogP contribution in [0.1, 0.15) is 23.6 Å². The number of aromatic amines is 1. The van der Waals surface area contributed by atoms with Gasteiger partial charge in [-0.3, -0.25) is 9.59 Å². The molecule has 0 bridgehead atoms. The Hall–Kier alpha value is -3.87. The van der Waals surface area contributed by atoms with E-state index in [4.69, 9.17) is 0 Å². The molecule has 0 radical (unpaired) electrons. The van der Waals surface area contributed by atoms with Crippen LogP contribution in [0.5, 0.6) is 0 Å². The summed E-state index contributed by atoms with van der Waals surface area (Å²) in [4.78, 5) is 39.7. The number of fused-ring (bicyclic) bond motifs is 2. The van der Waals surface area contributed by atoms with E-state index >= 15 is 0 Å². The molecule has 1 aromatic heterocycles. The number of nitrogens with one attached hydrogen (secondary N) is 3. The number of carbonyl (C=O) groups is 3. The minimum Gasteiger partial charge on any atom is -0.480 e. The van der Waals surface area contributed by atoms with Gasteiger partial charge in [0.2, 0.25) is 11.8 Å². The Morgan fingerprint density at radius 3 is 2.61 bits per heavy atom. The van der Waals surface area contributed by atoms with Gasteiger partial charge in [-0.1, -0.05) is 42.5 Å². The van der Waals surface area contributed by atoms with Crippen molar-refractivity contribution in [3.8, 4) is 0 Å². The molecule has 2 amide bonds. The van der Waals surface area contributed by atoms with Gasteiger partial charge >= 0.3 is 5.97 Å². The summed E-state index contributed by atoms with van der Waals surface area (Å²) in [6, 6.07) is 14.3. The Bertz CT molecular complexity index is 1210. The Morgan fingerprint density at radius 1 is 1.10 bits per heavy atom. The monoisotopic (exact) mass is 417 g/mol. The third-order valence-electron chi connectivity index (χ3n) is 5.66. The van der Waals surface area contributed by atoms with Gasteiger partial charge in [0.25, 0.3) is 0 Å². The molecule has 4 rings (SSSR count). The van der Waals surface area contributed by atoms with Gasteiger partial charge in [-0.15, -0.1) is 0 Å². The summed E-state index contributed by atoms with van der Waals surface area (Å²) >= 11 is 0. The maximum atomic E-state index is 12.6. The average Bonchev–Trinajstić information content (AvgIpc) is 3.33. The van der Waals surface area contributed by atoms with Crippen molar-refractivity contribution in [2.24, 2.45) is 0 Å². The molecule has 158 valence electrons. The van der Waals surface area contributed by atoms with Crippen LogP contribution >= 0.6 is 0 Å². The molecular formula is C24H23N3O4. The lowest BCUT2D eigenvalue weighted by Gasteiger charge is -2.15. The van der Waals surface area contributed by atoms with Gasteiger partial charge in [0.15, 0.2) is 0 Å². The van der Waals surface area contributed by atoms with Crippen LogP contribution in [0.15, 0.2) is 60.3 Å². The van der Waals surface area contributed by atoms with Crippen molar-refractivity contribution in [3.63, 3.8) is 0 Å². The molecule has 4 N–H and O–H groups in total. The molecule has 0 spiro atoms. The lowest BCUT2D eigenvalue weighted by molar-refractivity contribution is -0.141. The van der Waals surface area contributed by atoms with E-state index in [1.54, 1.807) is 6.20 Å². The second-order valence-corrected chi connectivity index (χ2v) is 7.64. The molecule has 1 aliphatic rings. The number of amides is 2. The number of H-pyrrole nitrogens is 1. The highest BCUT2D eigenvalue weighted by molar-refractivity contribution is 6.04. The fraction of sp³-hybridized carbons (Fsp3) is 0.208. The number of rotatable bonds is 7. The quantitative estimate of drug-likeness (QED) is 0.473. The van der Waals surface area contributed by atoms with Crippen LogP contribution in [-0.2, 0) is 27.2 Å². The van der Waals surface area contributed by atoms with E-state index < -0.39 is 17.9 Å². The molecule has 7 heteroatoms. The SMILES string of the molecule is CC1=C(C(=O)NCC(=O)NC(Cc2c[nH]c3ccccc23)C(=O)O)Cc2ccccc21. The molecule has 1 unspecified atom stereocenters. The largest absolute Gasteiger partial charge is 0.480 e. The number of carboxylic acids is 1. The first-order chi connectivity index (χ1) is 14.9. The second-order valence-electron chi connectivity index (χ2n) is 7.64. The van der Waals surface area contributed by atoms with E-state index in [-0.39, 0.29) is 18.9 Å². The molecule has 2 aromatic carbocycles. The predicted octanol–water partition coefficient (Wildman–Crippen LogP) is 2.43. The number of hydrogen-bond acceptors (Lipinski definition) is 3. The zero-order valence-electron chi connectivity index (χ0n) is 17.1. The molecule has 0 saturated carbocycles. The standard InChI is InChI=1S/C24H23N3O4/c1-14-17-7-3-2-6-15(17)10-19(14)23(29)26-13-22(28)27-21(24(30)31)11-16-12-25-20-9-5-4-8-18(16)20/h2-9,12,21,25H,10-11,13H2,1H3,(H,26,29)(H,27,28)(H,30,31). The zero-order valence-corrected chi connectivity index (χ0v) is 17.1. The van der Waals surface area contributed by atoms with E-state index in [0.717, 1.165) is 33.2 Å². The van der Waals surface area contributed by atoms with Crippen LogP contribution in [0, 0.1) is 0 Å². The molecule has 0 saturated heterocycles. The predicted molar refractivity (Wildman–Crippen MR) is 117 cm³/mol. The van der Waals surface area contributed by atoms with Crippen LogP contribution in [0.2, 0.25) is 0 Å². The van der Waals surface area contributed by atoms with Crippen molar-refractivity contribution < 1.29 is 19.5 Å². The minimum absolute atomic E-state index is 0.138. The summed E-state index contributed by atoms with van der Waals surface area (Å²) in [5.74, 6) is -1.99. The molecule has 3 aromatic rings. The van der Waals surface area contributed by atoms with Gasteiger partial charge in [-0.05, 0) is 35.3 Å². The number of hydrogen-bond donors (Lipinski definition) is 4. The van der Waals surface area contributed by atoms with Crippen molar-refractivity contribution in [1.29, 1.82) is 0 Å². The lowest BCUT2D eigenvalue weighted by atomic mass is 10.0. The van der Waals surface area contributed by atoms with E-state index in [0.29, 0.717) is 12.0 Å². The Kier molecular flexibility index (Phi) is 5.58. The van der Waals surface area contributed by atoms with Gasteiger partial charge in [-0.25, -0.2) is 4.79 Å². The van der Waals surface area contributed by atoms with Crippen LogP contribution < -0.4 is 10.6 Å². The number of aliphatic carboxylic acids is 1. The van der Waals surface area contributed by atoms with Gasteiger partial charge in [0.1, 0.15) is 6.04 Å². The first kappa shape index (κ1) is 20.4. The number of aromatic nitrogens is 1. The maximum Gasteiger partial charge on any atom is 0.326 e. The molecule has 0 fully saturated rings. The first-order valence-electron chi connectivity index (χ1n) is 10.1. The van der Waals surface area contributed by atoms with Crippen molar-refractivity contribution >= 4 is 34.3 Å². The van der Waals surface area contributed by atoms with Crippen molar-refractivity contribution in [2.45, 2.75) is 25.8 Å². The molecule has 1 aliphatic carbocycles. The highest BCUT2D eigenvalue weighted by Crippen LogP contribution is 2.32. The zero-order chi connectivity index (χ0) is 22.0. The highest BCUT2D eigenvalue weighted by atomic mass is 16.4. The Labute approximate surface area is 179 Å². The summed E-state index contributed by atoms with van der Waals surface area (Å²) in [6.45, 7) is 1.60. The van der Waals surface area contributed by atoms with Crippen molar-refractivity contribution in [2.75, 3.05) is 6.54 Å². The number of carbonyl (C=O) groups excluding carboxylic acids is 2. The summed E-state index contributed by atoms with van der Waals surface area (Å²) in [5, 5.41) is 15.6. The highest BCUT2D eigenvalue weighted by Gasteiger charge is 2.25. The average molecular weight is 417 g/mol. The fourth-order valence-electron chi connectivity index (χ4n) is 4.01. The first-order valence-corrected chi connectivity index (χ1v) is 10.1. The van der Waals surface area contributed by atoms with Crippen LogP contribution in [0.3, 0.4) is 0 Å². The normalized spacial score (nSPS) is 13.7. The van der Waals surface area contributed by atoms with E-state index in [1.807, 2.05) is 55.5 Å². The molecule has 1 atom stereocenters. The number of allylic oxidation sites excluding steroid dienone is 1. The molecule has 31 heavy (non-hydrogen) atoms.